The molecule has 2 N–H and O–H groups in total. The van der Waals surface area contributed by atoms with E-state index >= 15 is 0 Å². The summed E-state index contributed by atoms with van der Waals surface area (Å²) in [7, 11) is 0. The van der Waals surface area contributed by atoms with Gasteiger partial charge in [0.2, 0.25) is 0 Å². The highest BCUT2D eigenvalue weighted by atomic mass is 19.1. The van der Waals surface area contributed by atoms with Crippen molar-refractivity contribution in [1.29, 1.82) is 0 Å². The molecule has 0 radical (unpaired) electrons. The largest absolute Gasteiger partial charge is 0.489 e. The van der Waals surface area contributed by atoms with Gasteiger partial charge in [-0.15, -0.1) is 0 Å². The molecular weight excluding hydrogens is 353 g/mol. The van der Waals surface area contributed by atoms with E-state index in [0.717, 1.165) is 11.1 Å². The lowest BCUT2D eigenvalue weighted by atomic mass is 10.1. The van der Waals surface area contributed by atoms with E-state index in [1.807, 2.05) is 6.92 Å². The van der Waals surface area contributed by atoms with Gasteiger partial charge < -0.3 is 19.9 Å². The minimum absolute atomic E-state index is 0.232. The van der Waals surface area contributed by atoms with Gasteiger partial charge >= 0.3 is 5.97 Å². The number of ether oxygens (including phenoxy) is 2. The third-order valence-corrected chi connectivity index (χ3v) is 4.34. The lowest BCUT2D eigenvalue weighted by molar-refractivity contribution is -0.150. The molecule has 2 aromatic carbocycles. The van der Waals surface area contributed by atoms with Crippen molar-refractivity contribution in [3.8, 4) is 5.75 Å². The molecule has 3 rings (SSSR count). The van der Waals surface area contributed by atoms with Crippen LogP contribution in [0.3, 0.4) is 0 Å². The van der Waals surface area contributed by atoms with E-state index in [-0.39, 0.29) is 18.3 Å². The number of anilines is 1. The molecule has 0 saturated carbocycles. The molecule has 7 heteroatoms. The van der Waals surface area contributed by atoms with Crippen LogP contribution in [-0.2, 0) is 20.9 Å². The fourth-order valence-electron chi connectivity index (χ4n) is 2.88. The number of nitrogens with one attached hydrogen (secondary N) is 1. The summed E-state index contributed by atoms with van der Waals surface area (Å²) in [6.07, 6.45) is -1.01. The van der Waals surface area contributed by atoms with Crippen LogP contribution in [0.2, 0.25) is 0 Å². The summed E-state index contributed by atoms with van der Waals surface area (Å²) in [5.41, 5.74) is 2.10. The second-order valence-corrected chi connectivity index (χ2v) is 6.41. The van der Waals surface area contributed by atoms with Crippen molar-refractivity contribution in [3.63, 3.8) is 0 Å². The number of hydrogen-bond donors (Lipinski definition) is 2. The van der Waals surface area contributed by atoms with E-state index in [1.54, 1.807) is 30.3 Å². The van der Waals surface area contributed by atoms with E-state index in [4.69, 9.17) is 14.6 Å². The first-order chi connectivity index (χ1) is 12.9. The molecule has 1 aliphatic rings. The maximum Gasteiger partial charge on any atom is 0.332 e. The Balaban J connectivity index is 1.58. The van der Waals surface area contributed by atoms with Gasteiger partial charge in [0, 0.05) is 5.69 Å². The third-order valence-electron chi connectivity index (χ3n) is 4.34. The van der Waals surface area contributed by atoms with Gasteiger partial charge in [-0.25, -0.2) is 9.18 Å². The summed E-state index contributed by atoms with van der Waals surface area (Å²) in [6.45, 7) is 2.05. The Hall–Kier alpha value is -2.93. The zero-order valence-corrected chi connectivity index (χ0v) is 14.8. The normalized spacial score (nSPS) is 18.9. The molecule has 1 amide bonds. The van der Waals surface area contributed by atoms with Crippen LogP contribution in [0.4, 0.5) is 10.1 Å². The molecule has 0 unspecified atom stereocenters. The smallest absolute Gasteiger partial charge is 0.332 e. The molecule has 0 aliphatic carbocycles. The quantitative estimate of drug-likeness (QED) is 0.812. The van der Waals surface area contributed by atoms with Gasteiger partial charge in [0.05, 0.1) is 0 Å². The second-order valence-electron chi connectivity index (χ2n) is 6.41. The molecule has 1 heterocycles. The number of aryl methyl sites for hydroxylation is 1. The Bertz CT molecular complexity index is 854. The maximum atomic E-state index is 13.2. The summed E-state index contributed by atoms with van der Waals surface area (Å²) in [5.74, 6) is -1.14. The van der Waals surface area contributed by atoms with E-state index in [9.17, 15) is 14.0 Å². The number of carboxylic acids is 1. The maximum absolute atomic E-state index is 13.2. The topological polar surface area (TPSA) is 84.9 Å². The molecule has 0 aromatic heterocycles. The molecule has 2 aromatic rings. The summed E-state index contributed by atoms with van der Waals surface area (Å²) < 4.78 is 24.1. The molecule has 1 aliphatic heterocycles. The zero-order valence-electron chi connectivity index (χ0n) is 14.8. The molecular formula is C20H20FNO5. The number of carbonyl (C=O) groups is 2. The summed E-state index contributed by atoms with van der Waals surface area (Å²) in [6, 6.07) is 11.4. The van der Waals surface area contributed by atoms with E-state index in [0.29, 0.717) is 24.3 Å². The van der Waals surface area contributed by atoms with E-state index in [2.05, 4.69) is 5.32 Å². The van der Waals surface area contributed by atoms with E-state index in [1.165, 1.54) is 12.1 Å². The number of hydrogen-bond acceptors (Lipinski definition) is 4. The van der Waals surface area contributed by atoms with Gasteiger partial charge in [-0.3, -0.25) is 4.79 Å². The van der Waals surface area contributed by atoms with Crippen molar-refractivity contribution in [2.75, 3.05) is 5.32 Å². The SMILES string of the molecule is Cc1cc(OCc2cccc(F)c2)ccc1NC(=O)[C@@H]1CC[C@H](C(=O)O)O1. The molecule has 142 valence electrons. The van der Waals surface area contributed by atoms with Crippen LogP contribution in [0.25, 0.3) is 0 Å². The lowest BCUT2D eigenvalue weighted by Gasteiger charge is -2.14. The number of benzene rings is 2. The summed E-state index contributed by atoms with van der Waals surface area (Å²) in [5, 5.41) is 11.7. The van der Waals surface area contributed by atoms with Gasteiger partial charge in [-0.1, -0.05) is 12.1 Å². The van der Waals surface area contributed by atoms with E-state index < -0.39 is 18.2 Å². The first-order valence-electron chi connectivity index (χ1n) is 8.59. The van der Waals surface area contributed by atoms with Crippen molar-refractivity contribution < 1.29 is 28.6 Å². The minimum Gasteiger partial charge on any atom is -0.489 e. The molecule has 27 heavy (non-hydrogen) atoms. The van der Waals surface area contributed by atoms with Gasteiger partial charge in [0.25, 0.3) is 5.91 Å². The first kappa shape index (κ1) is 18.8. The fourth-order valence-corrected chi connectivity index (χ4v) is 2.88. The Morgan fingerprint density at radius 2 is 2.00 bits per heavy atom. The van der Waals surface area contributed by atoms with Crippen molar-refractivity contribution in [3.05, 3.63) is 59.4 Å². The molecule has 0 bridgehead atoms. The van der Waals surface area contributed by atoms with Gasteiger partial charge in [0.15, 0.2) is 6.10 Å². The van der Waals surface area contributed by atoms with Gasteiger partial charge in [-0.2, -0.15) is 0 Å². The number of carboxylic acid groups (broad SMARTS) is 1. The molecule has 1 fully saturated rings. The molecule has 2 atom stereocenters. The van der Waals surface area contributed by atoms with Crippen LogP contribution >= 0.6 is 0 Å². The van der Waals surface area contributed by atoms with Crippen LogP contribution in [0.15, 0.2) is 42.5 Å². The van der Waals surface area contributed by atoms with Crippen LogP contribution < -0.4 is 10.1 Å². The Labute approximate surface area is 155 Å². The molecule has 0 spiro atoms. The van der Waals surface area contributed by atoms with Crippen molar-refractivity contribution >= 4 is 17.6 Å². The minimum atomic E-state index is -1.05. The van der Waals surface area contributed by atoms with Crippen LogP contribution in [0.1, 0.15) is 24.0 Å². The summed E-state index contributed by atoms with van der Waals surface area (Å²) >= 11 is 0. The van der Waals surface area contributed by atoms with Crippen molar-refractivity contribution in [1.82, 2.24) is 0 Å². The third kappa shape index (κ3) is 4.83. The van der Waals surface area contributed by atoms with Crippen molar-refractivity contribution in [2.24, 2.45) is 0 Å². The van der Waals surface area contributed by atoms with Gasteiger partial charge in [0.1, 0.15) is 24.3 Å². The summed E-state index contributed by atoms with van der Waals surface area (Å²) in [4.78, 5) is 23.2. The van der Waals surface area contributed by atoms with Crippen LogP contribution in [-0.4, -0.2) is 29.2 Å². The zero-order chi connectivity index (χ0) is 19.4. The number of aliphatic carboxylic acids is 1. The molecule has 6 nitrogen and oxygen atoms in total. The average Bonchev–Trinajstić information content (AvgIpc) is 3.13. The number of rotatable bonds is 6. The molecule has 1 saturated heterocycles. The standard InChI is InChI=1S/C20H20FNO5/c1-12-9-15(26-11-13-3-2-4-14(21)10-13)5-6-16(12)22-19(23)17-7-8-18(27-17)20(24)25/h2-6,9-10,17-18H,7-8,11H2,1H3,(H,22,23)(H,24,25)/t17-,18+/m0/s1. The Morgan fingerprint density at radius 1 is 1.22 bits per heavy atom. The number of halogens is 1. The highest BCUT2D eigenvalue weighted by Gasteiger charge is 2.34. The predicted octanol–water partition coefficient (Wildman–Crippen LogP) is 3.28. The van der Waals surface area contributed by atoms with Gasteiger partial charge in [-0.05, 0) is 61.2 Å². The predicted molar refractivity (Wildman–Crippen MR) is 96.1 cm³/mol. The van der Waals surface area contributed by atoms with Crippen molar-refractivity contribution in [2.45, 2.75) is 38.6 Å². The second kappa shape index (κ2) is 8.18. The van der Waals surface area contributed by atoms with Crippen LogP contribution in [0.5, 0.6) is 5.75 Å². The first-order valence-corrected chi connectivity index (χ1v) is 8.59. The van der Waals surface area contributed by atoms with Crippen LogP contribution in [0, 0.1) is 12.7 Å². The lowest BCUT2D eigenvalue weighted by Crippen LogP contribution is -2.30. The monoisotopic (exact) mass is 373 g/mol. The Morgan fingerprint density at radius 3 is 2.67 bits per heavy atom. The highest BCUT2D eigenvalue weighted by molar-refractivity contribution is 5.95. The average molecular weight is 373 g/mol. The number of carbonyl (C=O) groups excluding carboxylic acids is 1. The number of amides is 1. The fraction of sp³-hybridized carbons (Fsp3) is 0.300. The Kier molecular flexibility index (Phi) is 5.71. The highest BCUT2D eigenvalue weighted by Crippen LogP contribution is 2.25.